The highest BCUT2D eigenvalue weighted by Crippen LogP contribution is 2.29. The number of benzene rings is 1. The smallest absolute Gasteiger partial charge is 0.414 e. The third kappa shape index (κ3) is 6.82. The average Bonchev–Trinajstić information content (AvgIpc) is 3.06. The number of hydrogen-bond acceptors (Lipinski definition) is 6. The number of likely N-dealkylation sites (tertiary alicyclic amines) is 1. The molecule has 2 saturated heterocycles. The Hall–Kier alpha value is -2.36. The molecule has 3 rings (SSSR count). The number of amides is 2. The third-order valence-corrected chi connectivity index (χ3v) is 7.03. The number of piperidine rings is 1. The van der Waals surface area contributed by atoms with Gasteiger partial charge in [-0.2, -0.15) is 0 Å². The zero-order valence-electron chi connectivity index (χ0n) is 19.7. The van der Waals surface area contributed by atoms with Gasteiger partial charge in [0, 0.05) is 19.3 Å². The van der Waals surface area contributed by atoms with Gasteiger partial charge in [0.05, 0.1) is 17.1 Å². The van der Waals surface area contributed by atoms with Crippen LogP contribution in [0.15, 0.2) is 23.1 Å². The molecule has 0 aromatic heterocycles. The molecule has 33 heavy (non-hydrogen) atoms. The summed E-state index contributed by atoms with van der Waals surface area (Å²) in [5.41, 5.74) is -0.483. The number of anilines is 1. The Bertz CT molecular complexity index is 983. The number of carbonyl (C=O) groups is 2. The second kappa shape index (κ2) is 9.87. The maximum Gasteiger partial charge on any atom is 0.414 e. The van der Waals surface area contributed by atoms with Gasteiger partial charge in [-0.25, -0.2) is 22.4 Å². The number of rotatable bonds is 6. The van der Waals surface area contributed by atoms with Gasteiger partial charge in [0.15, 0.2) is 9.84 Å². The van der Waals surface area contributed by atoms with Gasteiger partial charge >= 0.3 is 12.2 Å². The van der Waals surface area contributed by atoms with E-state index in [4.69, 9.17) is 9.47 Å². The molecule has 1 atom stereocenters. The summed E-state index contributed by atoms with van der Waals surface area (Å²) in [7, 11) is -3.53. The van der Waals surface area contributed by atoms with Gasteiger partial charge in [0.1, 0.15) is 17.5 Å². The first-order valence-corrected chi connectivity index (χ1v) is 13.2. The Kier molecular flexibility index (Phi) is 7.55. The van der Waals surface area contributed by atoms with Crippen LogP contribution in [0, 0.1) is 11.7 Å². The van der Waals surface area contributed by atoms with Crippen LogP contribution < -0.4 is 4.90 Å². The van der Waals surface area contributed by atoms with E-state index in [0.29, 0.717) is 25.4 Å². The molecule has 0 aliphatic carbocycles. The fourth-order valence-corrected chi connectivity index (χ4v) is 4.80. The second-order valence-corrected chi connectivity index (χ2v) is 11.9. The molecule has 2 amide bonds. The van der Waals surface area contributed by atoms with Crippen LogP contribution in [0.4, 0.5) is 19.7 Å². The van der Waals surface area contributed by atoms with Crippen LogP contribution in [0.1, 0.15) is 52.9 Å². The molecule has 2 aliphatic rings. The van der Waals surface area contributed by atoms with Gasteiger partial charge in [-0.15, -0.1) is 0 Å². The van der Waals surface area contributed by atoms with Crippen molar-refractivity contribution in [1.29, 1.82) is 0 Å². The Balaban J connectivity index is 1.44. The van der Waals surface area contributed by atoms with Crippen LogP contribution in [-0.2, 0) is 19.3 Å². The molecule has 0 spiro atoms. The zero-order valence-corrected chi connectivity index (χ0v) is 20.5. The minimum Gasteiger partial charge on any atom is -0.444 e. The first-order chi connectivity index (χ1) is 15.3. The molecular formula is C23H33FN2O6S. The number of hydrogen-bond donors (Lipinski definition) is 0. The summed E-state index contributed by atoms with van der Waals surface area (Å²) in [5, 5.41) is 0. The number of halogens is 1. The van der Waals surface area contributed by atoms with E-state index in [1.807, 2.05) is 20.8 Å². The van der Waals surface area contributed by atoms with E-state index in [1.54, 1.807) is 4.90 Å². The maximum atomic E-state index is 14.5. The number of sulfone groups is 1. The fourth-order valence-electron chi connectivity index (χ4n) is 4.17. The first-order valence-electron chi connectivity index (χ1n) is 11.3. The van der Waals surface area contributed by atoms with Gasteiger partial charge in [-0.1, -0.05) is 6.42 Å². The minimum absolute atomic E-state index is 0.0180. The first kappa shape index (κ1) is 25.3. The monoisotopic (exact) mass is 484 g/mol. The van der Waals surface area contributed by atoms with Crippen molar-refractivity contribution >= 4 is 27.7 Å². The number of carbonyl (C=O) groups excluding carboxylic acids is 2. The highest BCUT2D eigenvalue weighted by atomic mass is 32.2. The molecule has 10 heteroatoms. The maximum absolute atomic E-state index is 14.5. The van der Waals surface area contributed by atoms with Gasteiger partial charge in [-0.3, -0.25) is 4.90 Å². The summed E-state index contributed by atoms with van der Waals surface area (Å²) in [6.07, 6.45) is 4.08. The van der Waals surface area contributed by atoms with Gasteiger partial charge < -0.3 is 14.4 Å². The van der Waals surface area contributed by atoms with Crippen molar-refractivity contribution in [2.75, 3.05) is 30.8 Å². The van der Waals surface area contributed by atoms with Gasteiger partial charge in [-0.05, 0) is 70.6 Å². The fraction of sp³-hybridized carbons (Fsp3) is 0.652. The largest absolute Gasteiger partial charge is 0.444 e. The summed E-state index contributed by atoms with van der Waals surface area (Å²) in [6.45, 7) is 7.14. The standard InChI is InChI=1S/C23H33FN2O6S/c1-23(2,3)32-21(27)25-12-10-16(11-13-25)6-5-7-17-15-26(22(28)31-17)20-9-8-18(14-19(20)24)33(4,29)30/h8-9,14,16-17H,5-7,10-13,15H2,1-4H3. The highest BCUT2D eigenvalue weighted by molar-refractivity contribution is 7.90. The zero-order chi connectivity index (χ0) is 24.4. The lowest BCUT2D eigenvalue weighted by molar-refractivity contribution is 0.0180. The second-order valence-electron chi connectivity index (χ2n) is 9.84. The summed E-state index contributed by atoms with van der Waals surface area (Å²) < 4.78 is 48.5. The van der Waals surface area contributed by atoms with Crippen molar-refractivity contribution in [2.45, 2.75) is 69.5 Å². The molecule has 2 fully saturated rings. The lowest BCUT2D eigenvalue weighted by Gasteiger charge is -2.33. The lowest BCUT2D eigenvalue weighted by atomic mass is 9.91. The molecule has 1 aromatic carbocycles. The molecule has 0 bridgehead atoms. The SMILES string of the molecule is CC(C)(C)OC(=O)N1CCC(CCCC2CN(c3ccc(S(C)(=O)=O)cc3F)C(=O)O2)CC1. The van der Waals surface area contributed by atoms with Crippen LogP contribution in [-0.4, -0.2) is 63.1 Å². The molecule has 0 saturated carbocycles. The highest BCUT2D eigenvalue weighted by Gasteiger charge is 2.34. The molecule has 2 aliphatic heterocycles. The van der Waals surface area contributed by atoms with Crippen LogP contribution in [0.25, 0.3) is 0 Å². The summed E-state index contributed by atoms with van der Waals surface area (Å²) in [6, 6.07) is 3.51. The van der Waals surface area contributed by atoms with E-state index in [-0.39, 0.29) is 29.3 Å². The molecular weight excluding hydrogens is 451 g/mol. The van der Waals surface area contributed by atoms with Crippen molar-refractivity contribution in [3.63, 3.8) is 0 Å². The summed E-state index contributed by atoms with van der Waals surface area (Å²) in [5.74, 6) is -0.273. The number of ether oxygens (including phenoxy) is 2. The van der Waals surface area contributed by atoms with Crippen LogP contribution in [0.3, 0.4) is 0 Å². The van der Waals surface area contributed by atoms with Crippen molar-refractivity contribution in [3.8, 4) is 0 Å². The van der Waals surface area contributed by atoms with E-state index in [1.165, 1.54) is 17.0 Å². The predicted molar refractivity (Wildman–Crippen MR) is 122 cm³/mol. The van der Waals surface area contributed by atoms with Crippen molar-refractivity contribution < 1.29 is 31.9 Å². The molecule has 1 aromatic rings. The topological polar surface area (TPSA) is 93.2 Å². The Morgan fingerprint density at radius 1 is 1.21 bits per heavy atom. The molecule has 0 radical (unpaired) electrons. The molecule has 8 nitrogen and oxygen atoms in total. The Labute approximate surface area is 194 Å². The number of nitrogens with zero attached hydrogens (tertiary/aromatic N) is 2. The predicted octanol–water partition coefficient (Wildman–Crippen LogP) is 4.37. The quantitative estimate of drug-likeness (QED) is 0.595. The third-order valence-electron chi connectivity index (χ3n) is 5.92. The minimum atomic E-state index is -3.53. The van der Waals surface area contributed by atoms with E-state index in [2.05, 4.69) is 0 Å². The van der Waals surface area contributed by atoms with E-state index in [0.717, 1.165) is 38.0 Å². The summed E-state index contributed by atoms with van der Waals surface area (Å²) in [4.78, 5) is 27.3. The normalized spacial score (nSPS) is 20.2. The molecule has 1 unspecified atom stereocenters. The van der Waals surface area contributed by atoms with Crippen LogP contribution >= 0.6 is 0 Å². The van der Waals surface area contributed by atoms with Crippen molar-refractivity contribution in [1.82, 2.24) is 4.90 Å². The van der Waals surface area contributed by atoms with Crippen LogP contribution in [0.2, 0.25) is 0 Å². The molecule has 2 heterocycles. The average molecular weight is 485 g/mol. The van der Waals surface area contributed by atoms with Gasteiger partial charge in [0.25, 0.3) is 0 Å². The van der Waals surface area contributed by atoms with E-state index in [9.17, 15) is 22.4 Å². The van der Waals surface area contributed by atoms with Gasteiger partial charge in [0.2, 0.25) is 0 Å². The van der Waals surface area contributed by atoms with E-state index < -0.39 is 27.3 Å². The van der Waals surface area contributed by atoms with Crippen LogP contribution in [0.5, 0.6) is 0 Å². The Morgan fingerprint density at radius 3 is 2.45 bits per heavy atom. The molecule has 184 valence electrons. The van der Waals surface area contributed by atoms with E-state index >= 15 is 0 Å². The summed E-state index contributed by atoms with van der Waals surface area (Å²) >= 11 is 0. The Morgan fingerprint density at radius 2 is 1.88 bits per heavy atom. The van der Waals surface area contributed by atoms with Crippen molar-refractivity contribution in [2.24, 2.45) is 5.92 Å². The lowest BCUT2D eigenvalue weighted by Crippen LogP contribution is -2.41. The number of cyclic esters (lactones) is 1. The van der Waals surface area contributed by atoms with Crippen molar-refractivity contribution in [3.05, 3.63) is 24.0 Å². The molecule has 0 N–H and O–H groups in total.